The summed E-state index contributed by atoms with van der Waals surface area (Å²) in [7, 11) is 0. The number of nitrogens with zero attached hydrogens (tertiary/aromatic N) is 1. The molecule has 0 aliphatic heterocycles. The minimum atomic E-state index is -4.43. The van der Waals surface area contributed by atoms with E-state index in [1.807, 2.05) is 30.3 Å². The van der Waals surface area contributed by atoms with Gasteiger partial charge in [-0.3, -0.25) is 9.78 Å². The van der Waals surface area contributed by atoms with Gasteiger partial charge in [-0.2, -0.15) is 13.2 Å². The van der Waals surface area contributed by atoms with Crippen LogP contribution in [-0.4, -0.2) is 17.1 Å². The molecule has 1 heterocycles. The number of ether oxygens (including phenoxy) is 1. The van der Waals surface area contributed by atoms with Crippen LogP contribution in [0.25, 0.3) is 0 Å². The quantitative estimate of drug-likeness (QED) is 0.626. The van der Waals surface area contributed by atoms with Gasteiger partial charge in [0.15, 0.2) is 0 Å². The Bertz CT molecular complexity index is 945. The molecule has 2 aromatic carbocycles. The highest BCUT2D eigenvalue weighted by atomic mass is 19.4. The zero-order valence-electron chi connectivity index (χ0n) is 15.4. The molecule has 0 spiro atoms. The fraction of sp³-hybridized carbons (Fsp3) is 0.182. The van der Waals surface area contributed by atoms with Crippen molar-refractivity contribution in [3.8, 4) is 5.75 Å². The maximum atomic E-state index is 12.9. The zero-order valence-corrected chi connectivity index (χ0v) is 15.4. The first kappa shape index (κ1) is 20.4. The molecule has 1 N–H and O–H groups in total. The molecule has 0 saturated heterocycles. The Morgan fingerprint density at radius 1 is 1.00 bits per heavy atom. The van der Waals surface area contributed by atoms with Gasteiger partial charge < -0.3 is 10.1 Å². The highest BCUT2D eigenvalue weighted by Gasteiger charge is 2.30. The van der Waals surface area contributed by atoms with Crippen molar-refractivity contribution in [3.63, 3.8) is 0 Å². The molecular formula is C22H19F3N2O2. The van der Waals surface area contributed by atoms with Crippen LogP contribution < -0.4 is 10.1 Å². The Morgan fingerprint density at radius 2 is 1.76 bits per heavy atom. The number of hydrogen-bond acceptors (Lipinski definition) is 3. The third kappa shape index (κ3) is 6.34. The van der Waals surface area contributed by atoms with Crippen molar-refractivity contribution in [2.75, 3.05) is 0 Å². The van der Waals surface area contributed by atoms with Crippen LogP contribution in [0.1, 0.15) is 27.2 Å². The Morgan fingerprint density at radius 3 is 2.45 bits per heavy atom. The van der Waals surface area contributed by atoms with Gasteiger partial charge in [0.1, 0.15) is 12.4 Å². The average Bonchev–Trinajstić information content (AvgIpc) is 2.71. The van der Waals surface area contributed by atoms with Crippen molar-refractivity contribution >= 4 is 5.91 Å². The lowest BCUT2D eigenvalue weighted by atomic mass is 10.0. The topological polar surface area (TPSA) is 51.2 Å². The third-order valence-corrected chi connectivity index (χ3v) is 4.12. The minimum absolute atomic E-state index is 0.0659. The van der Waals surface area contributed by atoms with E-state index < -0.39 is 18.5 Å². The van der Waals surface area contributed by atoms with Crippen molar-refractivity contribution in [2.45, 2.75) is 25.7 Å². The third-order valence-electron chi connectivity index (χ3n) is 4.12. The van der Waals surface area contributed by atoms with E-state index in [4.69, 9.17) is 4.74 Å². The number of aromatic nitrogens is 1. The van der Waals surface area contributed by atoms with E-state index in [1.165, 1.54) is 18.2 Å². The molecule has 29 heavy (non-hydrogen) atoms. The van der Waals surface area contributed by atoms with Crippen molar-refractivity contribution in [3.05, 3.63) is 95.3 Å². The average molecular weight is 400 g/mol. The minimum Gasteiger partial charge on any atom is -0.489 e. The monoisotopic (exact) mass is 400 g/mol. The molecule has 0 aliphatic rings. The fourth-order valence-electron chi connectivity index (χ4n) is 2.74. The second-order valence-corrected chi connectivity index (χ2v) is 6.39. The summed E-state index contributed by atoms with van der Waals surface area (Å²) in [5.74, 6) is -0.289. The summed E-state index contributed by atoms with van der Waals surface area (Å²) in [6, 6.07) is 18.6. The summed E-state index contributed by atoms with van der Waals surface area (Å²) < 4.78 is 44.5. The lowest BCUT2D eigenvalue weighted by Crippen LogP contribution is -2.25. The number of rotatable bonds is 7. The van der Waals surface area contributed by atoms with Gasteiger partial charge in [-0.15, -0.1) is 0 Å². The molecule has 0 saturated carbocycles. The SMILES string of the molecule is O=C(NCc1ccccn1)c1cc(OCc2ccccc2)ccc1CC(F)(F)F. The zero-order chi connectivity index (χ0) is 20.7. The summed E-state index contributed by atoms with van der Waals surface area (Å²) in [6.45, 7) is 0.356. The number of pyridine rings is 1. The molecule has 0 unspecified atom stereocenters. The second kappa shape index (κ2) is 9.23. The Kier molecular flexibility index (Phi) is 6.49. The Labute approximate surface area is 166 Å². The van der Waals surface area contributed by atoms with Gasteiger partial charge in [0.2, 0.25) is 0 Å². The highest BCUT2D eigenvalue weighted by Crippen LogP contribution is 2.26. The molecule has 3 aromatic rings. The van der Waals surface area contributed by atoms with E-state index in [-0.39, 0.29) is 24.3 Å². The Hall–Kier alpha value is -3.35. The van der Waals surface area contributed by atoms with E-state index in [1.54, 1.807) is 24.4 Å². The molecular weight excluding hydrogens is 381 g/mol. The summed E-state index contributed by atoms with van der Waals surface area (Å²) >= 11 is 0. The number of carbonyl (C=O) groups excluding carboxylic acids is 1. The predicted molar refractivity (Wildman–Crippen MR) is 102 cm³/mol. The maximum Gasteiger partial charge on any atom is 0.393 e. The van der Waals surface area contributed by atoms with Crippen LogP contribution in [0.15, 0.2) is 72.9 Å². The molecule has 0 fully saturated rings. The van der Waals surface area contributed by atoms with Crippen molar-refractivity contribution in [1.82, 2.24) is 10.3 Å². The van der Waals surface area contributed by atoms with Crippen LogP contribution in [0.4, 0.5) is 13.2 Å². The first-order chi connectivity index (χ1) is 13.9. The molecule has 4 nitrogen and oxygen atoms in total. The number of alkyl halides is 3. The van der Waals surface area contributed by atoms with Gasteiger partial charge in [-0.25, -0.2) is 0 Å². The first-order valence-electron chi connectivity index (χ1n) is 8.95. The van der Waals surface area contributed by atoms with E-state index in [9.17, 15) is 18.0 Å². The highest BCUT2D eigenvalue weighted by molar-refractivity contribution is 5.96. The van der Waals surface area contributed by atoms with E-state index >= 15 is 0 Å². The molecule has 1 amide bonds. The summed E-state index contributed by atoms with van der Waals surface area (Å²) in [6.07, 6.45) is -4.05. The number of carbonyl (C=O) groups is 1. The molecule has 7 heteroatoms. The molecule has 0 atom stereocenters. The molecule has 1 aromatic heterocycles. The molecule has 0 bridgehead atoms. The molecule has 0 radical (unpaired) electrons. The van der Waals surface area contributed by atoms with Crippen LogP contribution >= 0.6 is 0 Å². The second-order valence-electron chi connectivity index (χ2n) is 6.39. The van der Waals surface area contributed by atoms with Crippen molar-refractivity contribution in [2.24, 2.45) is 0 Å². The van der Waals surface area contributed by atoms with Crippen LogP contribution in [0.5, 0.6) is 5.75 Å². The fourth-order valence-corrected chi connectivity index (χ4v) is 2.74. The maximum absolute atomic E-state index is 12.9. The largest absolute Gasteiger partial charge is 0.489 e. The lowest BCUT2D eigenvalue weighted by molar-refractivity contribution is -0.127. The summed E-state index contributed by atoms with van der Waals surface area (Å²) in [5.41, 5.74) is 1.34. The lowest BCUT2D eigenvalue weighted by Gasteiger charge is -2.14. The number of benzene rings is 2. The number of amides is 1. The Balaban J connectivity index is 1.77. The normalized spacial score (nSPS) is 11.1. The number of hydrogen-bond donors (Lipinski definition) is 1. The summed E-state index contributed by atoms with van der Waals surface area (Å²) in [5, 5.41) is 2.62. The van der Waals surface area contributed by atoms with Gasteiger partial charge in [-0.05, 0) is 35.4 Å². The van der Waals surface area contributed by atoms with Crippen LogP contribution in [0.3, 0.4) is 0 Å². The van der Waals surface area contributed by atoms with E-state index in [2.05, 4.69) is 10.3 Å². The van der Waals surface area contributed by atoms with Crippen LogP contribution in [-0.2, 0) is 19.6 Å². The smallest absolute Gasteiger partial charge is 0.393 e. The van der Waals surface area contributed by atoms with Crippen LogP contribution in [0, 0.1) is 0 Å². The van der Waals surface area contributed by atoms with Crippen molar-refractivity contribution < 1.29 is 22.7 Å². The molecule has 0 aliphatic carbocycles. The first-order valence-corrected chi connectivity index (χ1v) is 8.95. The number of nitrogens with one attached hydrogen (secondary N) is 1. The summed E-state index contributed by atoms with van der Waals surface area (Å²) in [4.78, 5) is 16.7. The molecule has 150 valence electrons. The molecule has 3 rings (SSSR count). The van der Waals surface area contributed by atoms with Crippen LogP contribution in [0.2, 0.25) is 0 Å². The predicted octanol–water partition coefficient (Wildman–Crippen LogP) is 4.70. The van der Waals surface area contributed by atoms with E-state index in [0.29, 0.717) is 11.4 Å². The number of halogens is 3. The standard InChI is InChI=1S/C22H19F3N2O2/c23-22(24,25)13-17-9-10-19(29-15-16-6-2-1-3-7-16)12-20(17)21(28)27-14-18-8-4-5-11-26-18/h1-12H,13-15H2,(H,27,28). The van der Waals surface area contributed by atoms with Gasteiger partial charge >= 0.3 is 6.18 Å². The van der Waals surface area contributed by atoms with Gasteiger partial charge in [0.25, 0.3) is 5.91 Å². The van der Waals surface area contributed by atoms with Gasteiger partial charge in [0.05, 0.1) is 18.7 Å². The van der Waals surface area contributed by atoms with Gasteiger partial charge in [-0.1, -0.05) is 42.5 Å². The van der Waals surface area contributed by atoms with Gasteiger partial charge in [0, 0.05) is 11.8 Å². The van der Waals surface area contributed by atoms with E-state index in [0.717, 1.165) is 5.56 Å². The van der Waals surface area contributed by atoms with Crippen molar-refractivity contribution in [1.29, 1.82) is 0 Å².